The molecule has 1 aliphatic heterocycles. The highest BCUT2D eigenvalue weighted by molar-refractivity contribution is 6.30. The Morgan fingerprint density at radius 1 is 1.00 bits per heavy atom. The summed E-state index contributed by atoms with van der Waals surface area (Å²) in [6.07, 6.45) is 1.58. The van der Waals surface area contributed by atoms with Crippen LogP contribution in [0.25, 0.3) is 0 Å². The predicted octanol–water partition coefficient (Wildman–Crippen LogP) is 4.82. The number of aromatic hydroxyl groups is 1. The molecule has 0 radical (unpaired) electrons. The lowest BCUT2D eigenvalue weighted by atomic mass is 9.63. The Labute approximate surface area is 192 Å². The molecule has 0 unspecified atom stereocenters. The van der Waals surface area contributed by atoms with Crippen molar-refractivity contribution in [2.75, 3.05) is 6.54 Å². The number of aliphatic carboxylic acids is 1. The van der Waals surface area contributed by atoms with Crippen molar-refractivity contribution >= 4 is 29.1 Å². The Balaban J connectivity index is 2.05. The van der Waals surface area contributed by atoms with Crippen molar-refractivity contribution in [1.29, 1.82) is 0 Å². The van der Waals surface area contributed by atoms with Crippen LogP contribution in [0.3, 0.4) is 0 Å². The summed E-state index contributed by atoms with van der Waals surface area (Å²) in [5, 5.41) is 20.8. The molecule has 2 aliphatic carbocycles. The molecule has 3 aliphatic rings. The summed E-state index contributed by atoms with van der Waals surface area (Å²) in [4.78, 5) is 40.5. The predicted molar refractivity (Wildman–Crippen MR) is 120 cm³/mol. The molecule has 0 saturated carbocycles. The van der Waals surface area contributed by atoms with Crippen LogP contribution >= 0.6 is 11.6 Å². The van der Waals surface area contributed by atoms with E-state index in [1.165, 1.54) is 6.07 Å². The van der Waals surface area contributed by atoms with Gasteiger partial charge in [-0.2, -0.15) is 0 Å². The first-order valence-electron chi connectivity index (χ1n) is 10.8. The molecule has 7 heteroatoms. The second kappa shape index (κ2) is 7.48. The topological polar surface area (TPSA) is 94.9 Å². The van der Waals surface area contributed by atoms with Crippen LogP contribution < -0.4 is 0 Å². The van der Waals surface area contributed by atoms with Crippen molar-refractivity contribution in [1.82, 2.24) is 4.90 Å². The number of Topliss-reactive ketones (excluding diaryl/α,β-unsaturated/α-hetero) is 2. The van der Waals surface area contributed by atoms with Crippen molar-refractivity contribution in [3.05, 3.63) is 51.3 Å². The van der Waals surface area contributed by atoms with Gasteiger partial charge in [-0.05, 0) is 41.9 Å². The van der Waals surface area contributed by atoms with Gasteiger partial charge in [0.05, 0.1) is 0 Å². The fraction of sp³-hybridized carbons (Fsp3) is 0.480. The van der Waals surface area contributed by atoms with Gasteiger partial charge in [0.1, 0.15) is 12.3 Å². The van der Waals surface area contributed by atoms with Gasteiger partial charge in [-0.15, -0.1) is 0 Å². The first-order chi connectivity index (χ1) is 14.8. The average molecular weight is 458 g/mol. The fourth-order valence-electron chi connectivity index (χ4n) is 5.44. The summed E-state index contributed by atoms with van der Waals surface area (Å²) in [6.45, 7) is 7.62. The Bertz CT molecular complexity index is 1060. The SMILES string of the molecule is CC1(C)CC(=O)C2=C(C1)N(CC(=O)O)C1=C(C(=O)CC(C)(C)C1)C2c1cc(Cl)ccc1O. The largest absolute Gasteiger partial charge is 0.508 e. The molecule has 0 amide bonds. The highest BCUT2D eigenvalue weighted by atomic mass is 35.5. The lowest BCUT2D eigenvalue weighted by Gasteiger charge is -2.48. The monoisotopic (exact) mass is 457 g/mol. The zero-order chi connectivity index (χ0) is 23.6. The number of carbonyl (C=O) groups excluding carboxylic acids is 2. The molecule has 32 heavy (non-hydrogen) atoms. The molecular formula is C25H28ClNO5. The van der Waals surface area contributed by atoms with E-state index in [2.05, 4.69) is 0 Å². The number of carboxylic acid groups (broad SMARTS) is 1. The van der Waals surface area contributed by atoms with Crippen LogP contribution in [0, 0.1) is 10.8 Å². The van der Waals surface area contributed by atoms with Crippen molar-refractivity contribution < 1.29 is 24.6 Å². The van der Waals surface area contributed by atoms with E-state index >= 15 is 0 Å². The third-order valence-corrected chi connectivity index (χ3v) is 6.85. The van der Waals surface area contributed by atoms with Crippen LogP contribution in [-0.4, -0.2) is 39.2 Å². The van der Waals surface area contributed by atoms with E-state index in [9.17, 15) is 24.6 Å². The summed E-state index contributed by atoms with van der Waals surface area (Å²) < 4.78 is 0. The molecule has 0 bridgehead atoms. The van der Waals surface area contributed by atoms with E-state index in [-0.39, 0.29) is 47.5 Å². The van der Waals surface area contributed by atoms with Crippen LogP contribution in [0.15, 0.2) is 40.7 Å². The maximum atomic E-state index is 13.5. The fourth-order valence-corrected chi connectivity index (χ4v) is 5.62. The average Bonchev–Trinajstić information content (AvgIpc) is 2.62. The van der Waals surface area contributed by atoms with Crippen molar-refractivity contribution in [3.63, 3.8) is 0 Å². The third-order valence-electron chi connectivity index (χ3n) is 6.62. The van der Waals surface area contributed by atoms with Gasteiger partial charge in [0.25, 0.3) is 0 Å². The van der Waals surface area contributed by atoms with Gasteiger partial charge in [0.2, 0.25) is 0 Å². The quantitative estimate of drug-likeness (QED) is 0.675. The molecule has 2 N–H and O–H groups in total. The van der Waals surface area contributed by atoms with E-state index in [1.54, 1.807) is 17.0 Å². The Morgan fingerprint density at radius 2 is 1.50 bits per heavy atom. The molecule has 4 rings (SSSR count). The minimum Gasteiger partial charge on any atom is -0.508 e. The molecule has 1 aromatic carbocycles. The van der Waals surface area contributed by atoms with E-state index in [4.69, 9.17) is 11.6 Å². The van der Waals surface area contributed by atoms with Gasteiger partial charge >= 0.3 is 5.97 Å². The zero-order valence-corrected chi connectivity index (χ0v) is 19.5. The van der Waals surface area contributed by atoms with E-state index in [1.807, 2.05) is 27.7 Å². The molecule has 0 atom stereocenters. The summed E-state index contributed by atoms with van der Waals surface area (Å²) in [7, 11) is 0. The van der Waals surface area contributed by atoms with Crippen molar-refractivity contribution in [3.8, 4) is 5.75 Å². The molecule has 0 fully saturated rings. The van der Waals surface area contributed by atoms with E-state index in [0.717, 1.165) is 0 Å². The molecule has 0 spiro atoms. The first-order valence-corrected chi connectivity index (χ1v) is 11.2. The van der Waals surface area contributed by atoms with Gasteiger partial charge in [-0.1, -0.05) is 39.3 Å². The summed E-state index contributed by atoms with van der Waals surface area (Å²) in [6, 6.07) is 4.63. The van der Waals surface area contributed by atoms with Gasteiger partial charge in [-0.3, -0.25) is 14.4 Å². The Morgan fingerprint density at radius 3 is 1.97 bits per heavy atom. The summed E-state index contributed by atoms with van der Waals surface area (Å²) >= 11 is 6.25. The summed E-state index contributed by atoms with van der Waals surface area (Å²) in [5.41, 5.74) is 1.82. The standard InChI is InChI=1S/C25H28ClNO5/c1-24(2)8-15-22(18(29)10-24)21(14-7-13(26)5-6-17(14)28)23-16(27(15)12-20(31)32)9-25(3,4)11-19(23)30/h5-7,21,28H,8-12H2,1-4H3,(H,31,32). The van der Waals surface area contributed by atoms with Crippen LogP contribution in [-0.2, 0) is 14.4 Å². The lowest BCUT2D eigenvalue weighted by Crippen LogP contribution is -2.45. The zero-order valence-electron chi connectivity index (χ0n) is 18.8. The highest BCUT2D eigenvalue weighted by Crippen LogP contribution is 2.55. The number of halogens is 1. The van der Waals surface area contributed by atoms with Crippen LogP contribution in [0.4, 0.5) is 0 Å². The Kier molecular flexibility index (Phi) is 5.28. The van der Waals surface area contributed by atoms with Crippen LogP contribution in [0.5, 0.6) is 5.75 Å². The number of hydrogen-bond acceptors (Lipinski definition) is 5. The number of carbonyl (C=O) groups is 3. The van der Waals surface area contributed by atoms with Crippen molar-refractivity contribution in [2.45, 2.75) is 59.3 Å². The number of rotatable bonds is 3. The molecule has 6 nitrogen and oxygen atoms in total. The van der Waals surface area contributed by atoms with Gasteiger partial charge in [-0.25, -0.2) is 0 Å². The number of carboxylic acids is 1. The minimum absolute atomic E-state index is 0.0416. The number of ketones is 2. The minimum atomic E-state index is -1.03. The molecular weight excluding hydrogens is 430 g/mol. The van der Waals surface area contributed by atoms with Gasteiger partial charge in [0, 0.05) is 51.9 Å². The third kappa shape index (κ3) is 3.85. The number of phenols is 1. The number of benzene rings is 1. The number of phenolic OH excluding ortho intramolecular Hbond substituents is 1. The maximum Gasteiger partial charge on any atom is 0.323 e. The first kappa shape index (κ1) is 22.6. The summed E-state index contributed by atoms with van der Waals surface area (Å²) in [5.74, 6) is -2.07. The highest BCUT2D eigenvalue weighted by Gasteiger charge is 2.49. The Hall–Kier alpha value is -2.60. The van der Waals surface area contributed by atoms with E-state index in [0.29, 0.717) is 46.0 Å². The molecule has 170 valence electrons. The molecule has 1 heterocycles. The van der Waals surface area contributed by atoms with Crippen LogP contribution in [0.2, 0.25) is 5.02 Å². The lowest BCUT2D eigenvalue weighted by molar-refractivity contribution is -0.138. The maximum absolute atomic E-state index is 13.5. The number of nitrogens with zero attached hydrogens (tertiary/aromatic N) is 1. The number of allylic oxidation sites excluding steroid dienone is 4. The van der Waals surface area contributed by atoms with Gasteiger partial charge in [0.15, 0.2) is 11.6 Å². The van der Waals surface area contributed by atoms with E-state index < -0.39 is 11.9 Å². The smallest absolute Gasteiger partial charge is 0.323 e. The number of hydrogen-bond donors (Lipinski definition) is 2. The molecule has 0 aromatic heterocycles. The second-order valence-corrected chi connectivity index (χ2v) is 11.2. The van der Waals surface area contributed by atoms with Crippen molar-refractivity contribution in [2.24, 2.45) is 10.8 Å². The second-order valence-electron chi connectivity index (χ2n) is 10.7. The molecule has 0 saturated heterocycles. The normalized spacial score (nSPS) is 22.7. The van der Waals surface area contributed by atoms with Gasteiger partial charge < -0.3 is 15.1 Å². The van der Waals surface area contributed by atoms with Crippen LogP contribution in [0.1, 0.15) is 64.9 Å². The molecule has 1 aromatic rings.